The Morgan fingerprint density at radius 1 is 0.486 bits per heavy atom. The molecule has 1 fully saturated rings. The summed E-state index contributed by atoms with van der Waals surface area (Å²) in [7, 11) is 0. The Kier molecular flexibility index (Phi) is 46.2. The third-order valence-electron chi connectivity index (χ3n) is 14.5. The molecule has 11 nitrogen and oxygen atoms in total. The van der Waals surface area contributed by atoms with E-state index >= 15 is 0 Å². The van der Waals surface area contributed by atoms with Gasteiger partial charge in [-0.1, -0.05) is 237 Å². The standard InChI is InChI=1S/C59H113NO10/c1-3-5-7-9-11-13-15-17-19-21-22-23-24-25-26-27-28-29-30-31-33-34-36-38-40-42-44-46-51(62)54(64)50(49-69-59-57(67)56(66)55(65)53(48-61)70-59)60-58(68)52(63)47-45-43-41-39-37-35-32-20-18-16-14-12-10-8-6-4-2/h18,20,38,40,50-57,59,61-67H,3-17,19,21-37,39,41-49H2,1-2H3,(H,60,68)/b20-18-,40-38+. The van der Waals surface area contributed by atoms with Crippen LogP contribution in [0.2, 0.25) is 0 Å². The minimum atomic E-state index is -1.67. The van der Waals surface area contributed by atoms with Gasteiger partial charge in [0, 0.05) is 0 Å². The lowest BCUT2D eigenvalue weighted by Crippen LogP contribution is -2.60. The van der Waals surface area contributed by atoms with Crippen molar-refractivity contribution < 1.29 is 50.0 Å². The number of amides is 1. The molecule has 9 atom stereocenters. The molecule has 1 amide bonds. The highest BCUT2D eigenvalue weighted by atomic mass is 16.7. The lowest BCUT2D eigenvalue weighted by molar-refractivity contribution is -0.303. The summed E-state index contributed by atoms with van der Waals surface area (Å²) in [5.74, 6) is -0.709. The van der Waals surface area contributed by atoms with Crippen molar-refractivity contribution in [1.29, 1.82) is 0 Å². The Hall–Kier alpha value is -1.41. The molecule has 11 heteroatoms. The zero-order valence-electron chi connectivity index (χ0n) is 45.3. The molecular weight excluding hydrogens is 883 g/mol. The van der Waals surface area contributed by atoms with Gasteiger partial charge in [-0.2, -0.15) is 0 Å². The molecule has 0 aromatic carbocycles. The van der Waals surface area contributed by atoms with Crippen LogP contribution in [0.5, 0.6) is 0 Å². The van der Waals surface area contributed by atoms with E-state index in [0.29, 0.717) is 12.8 Å². The van der Waals surface area contributed by atoms with Crippen molar-refractivity contribution in [3.8, 4) is 0 Å². The molecule has 1 aliphatic heterocycles. The van der Waals surface area contributed by atoms with E-state index in [0.717, 1.165) is 57.8 Å². The van der Waals surface area contributed by atoms with Crippen LogP contribution >= 0.6 is 0 Å². The first-order valence-electron chi connectivity index (χ1n) is 29.7. The molecule has 0 aliphatic carbocycles. The Bertz CT molecular complexity index is 1190. The van der Waals surface area contributed by atoms with E-state index in [-0.39, 0.29) is 12.8 Å². The molecule has 0 saturated carbocycles. The summed E-state index contributed by atoms with van der Waals surface area (Å²) in [5, 5.41) is 76.1. The van der Waals surface area contributed by atoms with Gasteiger partial charge in [0.25, 0.3) is 0 Å². The fraction of sp³-hybridized carbons (Fsp3) is 0.915. The van der Waals surface area contributed by atoms with Crippen LogP contribution in [0.1, 0.15) is 277 Å². The normalized spacial score (nSPS) is 20.4. The number of hydrogen-bond donors (Lipinski definition) is 8. The van der Waals surface area contributed by atoms with Gasteiger partial charge in [-0.15, -0.1) is 0 Å². The summed E-state index contributed by atoms with van der Waals surface area (Å²) in [6.07, 6.45) is 46.7. The van der Waals surface area contributed by atoms with E-state index in [1.54, 1.807) is 0 Å². The van der Waals surface area contributed by atoms with Crippen molar-refractivity contribution >= 4 is 5.91 Å². The monoisotopic (exact) mass is 996 g/mol. The van der Waals surface area contributed by atoms with E-state index in [1.165, 1.54) is 180 Å². The van der Waals surface area contributed by atoms with Gasteiger partial charge in [-0.05, 0) is 64.2 Å². The van der Waals surface area contributed by atoms with E-state index in [1.807, 2.05) is 0 Å². The lowest BCUT2D eigenvalue weighted by atomic mass is 9.98. The van der Waals surface area contributed by atoms with Crippen LogP contribution in [0, 0.1) is 0 Å². The molecule has 0 spiro atoms. The van der Waals surface area contributed by atoms with Gasteiger partial charge in [0.15, 0.2) is 6.29 Å². The van der Waals surface area contributed by atoms with Crippen LogP contribution in [0.15, 0.2) is 24.3 Å². The van der Waals surface area contributed by atoms with Crippen LogP contribution in [0.3, 0.4) is 0 Å². The third kappa shape index (κ3) is 36.5. The number of rotatable bonds is 51. The van der Waals surface area contributed by atoms with Gasteiger partial charge in [0.2, 0.25) is 5.91 Å². The number of unbranched alkanes of at least 4 members (excludes halogenated alkanes) is 35. The fourth-order valence-corrected chi connectivity index (χ4v) is 9.61. The van der Waals surface area contributed by atoms with Crippen molar-refractivity contribution in [3.05, 3.63) is 24.3 Å². The maximum Gasteiger partial charge on any atom is 0.249 e. The maximum atomic E-state index is 13.2. The van der Waals surface area contributed by atoms with Crippen LogP contribution in [-0.2, 0) is 14.3 Å². The summed E-state index contributed by atoms with van der Waals surface area (Å²) in [6, 6.07) is -1.19. The van der Waals surface area contributed by atoms with Crippen LogP contribution < -0.4 is 5.32 Å². The van der Waals surface area contributed by atoms with Crippen molar-refractivity contribution in [2.24, 2.45) is 0 Å². The minimum Gasteiger partial charge on any atom is -0.394 e. The summed E-state index contributed by atoms with van der Waals surface area (Å²) in [6.45, 7) is 3.46. The predicted octanol–water partition coefficient (Wildman–Crippen LogP) is 12.5. The van der Waals surface area contributed by atoms with Crippen LogP contribution in [0.25, 0.3) is 0 Å². The maximum absolute atomic E-state index is 13.2. The number of ether oxygens (including phenoxy) is 2. The molecule has 8 N–H and O–H groups in total. The fourth-order valence-electron chi connectivity index (χ4n) is 9.61. The number of carbonyl (C=O) groups excluding carboxylic acids is 1. The molecule has 9 unspecified atom stereocenters. The molecule has 0 bridgehead atoms. The zero-order valence-corrected chi connectivity index (χ0v) is 45.3. The second-order valence-electron chi connectivity index (χ2n) is 21.1. The van der Waals surface area contributed by atoms with Crippen molar-refractivity contribution in [2.75, 3.05) is 13.2 Å². The van der Waals surface area contributed by atoms with E-state index < -0.39 is 74.2 Å². The first-order valence-corrected chi connectivity index (χ1v) is 29.7. The number of carbonyl (C=O) groups is 1. The number of hydrogen-bond acceptors (Lipinski definition) is 10. The van der Waals surface area contributed by atoms with Crippen LogP contribution in [-0.4, -0.2) is 110 Å². The zero-order chi connectivity index (χ0) is 51.1. The molecule has 0 aromatic rings. The van der Waals surface area contributed by atoms with Crippen molar-refractivity contribution in [1.82, 2.24) is 5.32 Å². The molecule has 0 aromatic heterocycles. The molecule has 70 heavy (non-hydrogen) atoms. The van der Waals surface area contributed by atoms with Crippen molar-refractivity contribution in [2.45, 2.75) is 332 Å². The smallest absolute Gasteiger partial charge is 0.249 e. The Balaban J connectivity index is 2.29. The molecule has 414 valence electrons. The lowest BCUT2D eigenvalue weighted by Gasteiger charge is -2.40. The topological polar surface area (TPSA) is 189 Å². The SMILES string of the molecule is CCCCCCCC/C=C\CCCCCCCCC(O)C(=O)NC(COC1OC(CO)C(O)C(O)C1O)C(O)C(O)CCC/C=C/CCCCCCCCCCCCCCCCCCCCCCCC. The van der Waals surface area contributed by atoms with Crippen LogP contribution in [0.4, 0.5) is 0 Å². The molecular formula is C59H113NO10. The number of allylic oxidation sites excluding steroid dienone is 4. The second kappa shape index (κ2) is 48.5. The van der Waals surface area contributed by atoms with Gasteiger partial charge in [0.1, 0.15) is 36.6 Å². The van der Waals surface area contributed by atoms with Gasteiger partial charge >= 0.3 is 0 Å². The highest BCUT2D eigenvalue weighted by Crippen LogP contribution is 2.23. The number of nitrogens with one attached hydrogen (secondary N) is 1. The average molecular weight is 997 g/mol. The largest absolute Gasteiger partial charge is 0.394 e. The first kappa shape index (κ1) is 66.6. The number of aliphatic hydroxyl groups is 7. The molecule has 0 radical (unpaired) electrons. The minimum absolute atomic E-state index is 0.248. The Morgan fingerprint density at radius 3 is 1.23 bits per heavy atom. The second-order valence-corrected chi connectivity index (χ2v) is 21.1. The van der Waals surface area contributed by atoms with Gasteiger partial charge in [0.05, 0.1) is 25.4 Å². The highest BCUT2D eigenvalue weighted by molar-refractivity contribution is 5.80. The molecule has 1 rings (SSSR count). The highest BCUT2D eigenvalue weighted by Gasteiger charge is 2.44. The van der Waals surface area contributed by atoms with E-state index in [9.17, 15) is 40.5 Å². The van der Waals surface area contributed by atoms with E-state index in [2.05, 4.69) is 43.5 Å². The third-order valence-corrected chi connectivity index (χ3v) is 14.5. The van der Waals surface area contributed by atoms with Gasteiger partial charge in [-0.3, -0.25) is 4.79 Å². The summed E-state index contributed by atoms with van der Waals surface area (Å²) in [4.78, 5) is 13.2. The summed E-state index contributed by atoms with van der Waals surface area (Å²) >= 11 is 0. The van der Waals surface area contributed by atoms with Gasteiger partial charge in [-0.25, -0.2) is 0 Å². The average Bonchev–Trinajstić information content (AvgIpc) is 3.36. The van der Waals surface area contributed by atoms with Crippen molar-refractivity contribution in [3.63, 3.8) is 0 Å². The number of aliphatic hydroxyl groups excluding tert-OH is 7. The first-order chi connectivity index (χ1) is 34.2. The Morgan fingerprint density at radius 2 is 0.843 bits per heavy atom. The van der Waals surface area contributed by atoms with Gasteiger partial charge < -0.3 is 50.5 Å². The Labute approximate surface area is 429 Å². The van der Waals surface area contributed by atoms with E-state index in [4.69, 9.17) is 9.47 Å². The summed E-state index contributed by atoms with van der Waals surface area (Å²) < 4.78 is 11.1. The molecule has 1 saturated heterocycles. The summed E-state index contributed by atoms with van der Waals surface area (Å²) in [5.41, 5.74) is 0. The quantitative estimate of drug-likeness (QED) is 0.0215. The molecule has 1 heterocycles. The predicted molar refractivity (Wildman–Crippen MR) is 289 cm³/mol. The molecule has 1 aliphatic rings.